The van der Waals surface area contributed by atoms with Crippen LogP contribution in [0.5, 0.6) is 0 Å². The summed E-state index contributed by atoms with van der Waals surface area (Å²) in [4.78, 5) is 0. The van der Waals surface area contributed by atoms with Crippen molar-refractivity contribution >= 4 is 11.8 Å². The summed E-state index contributed by atoms with van der Waals surface area (Å²) in [6, 6.07) is 0. The Morgan fingerprint density at radius 1 is 1.56 bits per heavy atom. The summed E-state index contributed by atoms with van der Waals surface area (Å²) >= 11 is 0.602. The Hall–Kier alpha value is 0.100. The Bertz CT molecular complexity index is 78.4. The molecule has 1 atom stereocenters. The van der Waals surface area contributed by atoms with Crippen molar-refractivity contribution in [3.8, 4) is 0 Å². The normalized spacial score (nSPS) is 15.7. The Balaban J connectivity index is 3.79. The molecule has 0 aromatic rings. The highest BCUT2D eigenvalue weighted by atomic mass is 32.2. The predicted octanol–water partition coefficient (Wildman–Crippen LogP) is 1.27. The highest BCUT2D eigenvalue weighted by Gasteiger charge is 2.38. The lowest BCUT2D eigenvalue weighted by atomic mass is 10.4. The average molecular weight is 160 g/mol. The number of hydrogen-bond donors (Lipinski definition) is 1. The van der Waals surface area contributed by atoms with Gasteiger partial charge in [0, 0.05) is 0 Å². The first-order valence-corrected chi connectivity index (χ1v) is 3.51. The van der Waals surface area contributed by atoms with E-state index in [1.165, 1.54) is 6.26 Å². The molecule has 0 radical (unpaired) electrons. The first kappa shape index (κ1) is 9.10. The topological polar surface area (TPSA) is 20.2 Å². The average Bonchev–Trinajstić information content (AvgIpc) is 1.65. The zero-order chi connectivity index (χ0) is 7.49. The number of thioether (sulfide) groups is 1. The summed E-state index contributed by atoms with van der Waals surface area (Å²) in [5.41, 5.74) is 0. The van der Waals surface area contributed by atoms with E-state index in [-0.39, 0.29) is 0 Å². The van der Waals surface area contributed by atoms with Gasteiger partial charge in [0.25, 0.3) is 0 Å². The minimum absolute atomic E-state index is 0.602. The van der Waals surface area contributed by atoms with Gasteiger partial charge in [-0.1, -0.05) is 0 Å². The molecule has 0 saturated heterocycles. The molecule has 0 bridgehead atoms. The number of hydrogen-bond acceptors (Lipinski definition) is 2. The third kappa shape index (κ3) is 2.95. The van der Waals surface area contributed by atoms with Crippen LogP contribution in [0, 0.1) is 0 Å². The maximum absolute atomic E-state index is 11.5. The van der Waals surface area contributed by atoms with Crippen molar-refractivity contribution in [2.45, 2.75) is 11.4 Å². The number of aliphatic hydroxyl groups is 1. The summed E-state index contributed by atoms with van der Waals surface area (Å²) in [6.07, 6.45) is -2.96. The number of rotatable bonds is 2. The second kappa shape index (κ2) is 3.31. The fraction of sp³-hybridized carbons (Fsp3) is 1.00. The molecule has 1 nitrogen and oxygen atoms in total. The van der Waals surface area contributed by atoms with Crippen LogP contribution in [0.1, 0.15) is 0 Å². The van der Waals surface area contributed by atoms with Crippen LogP contribution >= 0.6 is 11.8 Å². The van der Waals surface area contributed by atoms with Crippen LogP contribution < -0.4 is 0 Å². The maximum Gasteiger partial charge on any atom is 0.402 e. The van der Waals surface area contributed by atoms with Gasteiger partial charge in [0.1, 0.15) is 5.25 Å². The highest BCUT2D eigenvalue weighted by molar-refractivity contribution is 7.99. The second-order valence-electron chi connectivity index (χ2n) is 1.45. The lowest BCUT2D eigenvalue weighted by Crippen LogP contribution is -2.28. The van der Waals surface area contributed by atoms with Crippen molar-refractivity contribution in [3.63, 3.8) is 0 Å². The van der Waals surface area contributed by atoms with Crippen LogP contribution in [0.15, 0.2) is 0 Å². The second-order valence-corrected chi connectivity index (χ2v) is 2.49. The predicted molar refractivity (Wildman–Crippen MR) is 30.4 cm³/mol. The molecule has 0 aromatic heterocycles. The van der Waals surface area contributed by atoms with E-state index in [1.807, 2.05) is 0 Å². The Morgan fingerprint density at radius 3 is 2.00 bits per heavy atom. The van der Waals surface area contributed by atoms with E-state index >= 15 is 0 Å². The van der Waals surface area contributed by atoms with Crippen LogP contribution in [0.25, 0.3) is 0 Å². The number of aliphatic hydroxyl groups excluding tert-OH is 1. The van der Waals surface area contributed by atoms with E-state index in [0.717, 1.165) is 0 Å². The van der Waals surface area contributed by atoms with Crippen molar-refractivity contribution < 1.29 is 18.3 Å². The van der Waals surface area contributed by atoms with Crippen molar-refractivity contribution in [2.24, 2.45) is 0 Å². The molecule has 56 valence electrons. The van der Waals surface area contributed by atoms with Crippen molar-refractivity contribution in [3.05, 3.63) is 0 Å². The summed E-state index contributed by atoms with van der Waals surface area (Å²) in [5, 5.41) is 6.49. The van der Waals surface area contributed by atoms with E-state index < -0.39 is 18.0 Å². The third-order valence-electron chi connectivity index (χ3n) is 0.815. The van der Waals surface area contributed by atoms with Crippen molar-refractivity contribution in [1.29, 1.82) is 0 Å². The van der Waals surface area contributed by atoms with Gasteiger partial charge in [0.15, 0.2) is 0 Å². The Kier molecular flexibility index (Phi) is 3.35. The van der Waals surface area contributed by atoms with E-state index in [2.05, 4.69) is 0 Å². The maximum atomic E-state index is 11.5. The molecule has 0 saturated carbocycles. The lowest BCUT2D eigenvalue weighted by molar-refractivity contribution is -0.134. The quantitative estimate of drug-likeness (QED) is 0.656. The molecule has 0 spiro atoms. The molecule has 0 heterocycles. The molecule has 0 aromatic carbocycles. The van der Waals surface area contributed by atoms with Crippen LogP contribution in [0.4, 0.5) is 13.2 Å². The smallest absolute Gasteiger partial charge is 0.395 e. The van der Waals surface area contributed by atoms with Gasteiger partial charge in [-0.15, -0.1) is 0 Å². The van der Waals surface area contributed by atoms with E-state index in [1.54, 1.807) is 0 Å². The fourth-order valence-corrected chi connectivity index (χ4v) is 0.728. The van der Waals surface area contributed by atoms with Gasteiger partial charge in [-0.25, -0.2) is 0 Å². The van der Waals surface area contributed by atoms with Gasteiger partial charge < -0.3 is 5.11 Å². The summed E-state index contributed by atoms with van der Waals surface area (Å²) < 4.78 is 34.6. The van der Waals surface area contributed by atoms with E-state index in [9.17, 15) is 13.2 Å². The van der Waals surface area contributed by atoms with E-state index in [4.69, 9.17) is 5.11 Å². The number of alkyl halides is 3. The first-order valence-electron chi connectivity index (χ1n) is 2.22. The molecule has 0 aliphatic rings. The monoisotopic (exact) mass is 160 g/mol. The largest absolute Gasteiger partial charge is 0.402 e. The van der Waals surface area contributed by atoms with E-state index in [0.29, 0.717) is 11.8 Å². The first-order chi connectivity index (χ1) is 4.02. The molecule has 0 unspecified atom stereocenters. The van der Waals surface area contributed by atoms with Crippen molar-refractivity contribution in [2.75, 3.05) is 12.9 Å². The van der Waals surface area contributed by atoms with Gasteiger partial charge >= 0.3 is 6.18 Å². The molecule has 0 aliphatic carbocycles. The molecular formula is C4H7F3OS. The zero-order valence-corrected chi connectivity index (χ0v) is 5.59. The molecule has 5 heteroatoms. The summed E-state index contributed by atoms with van der Waals surface area (Å²) in [7, 11) is 0. The van der Waals surface area contributed by atoms with Gasteiger partial charge in [-0.2, -0.15) is 24.9 Å². The standard InChI is InChI=1S/C4H7F3OS/c1-9-3(2-8)4(5,6)7/h3,8H,2H2,1H3/t3-/m1/s1. The van der Waals surface area contributed by atoms with Gasteiger partial charge in [0.05, 0.1) is 6.61 Å². The molecule has 1 N–H and O–H groups in total. The highest BCUT2D eigenvalue weighted by Crippen LogP contribution is 2.27. The van der Waals surface area contributed by atoms with Gasteiger partial charge in [-0.3, -0.25) is 0 Å². The Morgan fingerprint density at radius 2 is 2.00 bits per heavy atom. The van der Waals surface area contributed by atoms with Crippen LogP contribution in [-0.4, -0.2) is 29.4 Å². The van der Waals surface area contributed by atoms with Crippen LogP contribution in [-0.2, 0) is 0 Å². The molecule has 0 fully saturated rings. The van der Waals surface area contributed by atoms with Crippen molar-refractivity contribution in [1.82, 2.24) is 0 Å². The van der Waals surface area contributed by atoms with Gasteiger partial charge in [-0.05, 0) is 6.26 Å². The summed E-state index contributed by atoms with van der Waals surface area (Å²) in [6.45, 7) is -0.843. The minimum Gasteiger partial charge on any atom is -0.395 e. The molecular weight excluding hydrogens is 153 g/mol. The molecule has 9 heavy (non-hydrogen) atoms. The molecule has 0 rings (SSSR count). The van der Waals surface area contributed by atoms with Crippen LogP contribution in [0.3, 0.4) is 0 Å². The SMILES string of the molecule is CS[C@H](CO)C(F)(F)F. The fourth-order valence-electron chi connectivity index (χ4n) is 0.312. The zero-order valence-electron chi connectivity index (χ0n) is 4.77. The lowest BCUT2D eigenvalue weighted by Gasteiger charge is -2.14. The molecule has 0 amide bonds. The van der Waals surface area contributed by atoms with Gasteiger partial charge in [0.2, 0.25) is 0 Å². The third-order valence-corrected chi connectivity index (χ3v) is 1.80. The Labute approximate surface area is 55.2 Å². The minimum atomic E-state index is -4.27. The summed E-state index contributed by atoms with van der Waals surface area (Å²) in [5.74, 6) is 0. The number of halogens is 3. The molecule has 0 aliphatic heterocycles. The van der Waals surface area contributed by atoms with Crippen LogP contribution in [0.2, 0.25) is 0 Å².